The number of aromatic nitrogens is 4. The molecule has 5 aromatic rings. The lowest BCUT2D eigenvalue weighted by Crippen LogP contribution is -2.00. The van der Waals surface area contributed by atoms with Crippen LogP contribution in [0.15, 0.2) is 60.2 Å². The topological polar surface area (TPSA) is 61.5 Å². The number of thiophene rings is 1. The van der Waals surface area contributed by atoms with Crippen molar-refractivity contribution >= 4 is 38.8 Å². The van der Waals surface area contributed by atoms with E-state index >= 15 is 0 Å². The summed E-state index contributed by atoms with van der Waals surface area (Å²) in [6.45, 7) is 0.310. The van der Waals surface area contributed by atoms with Gasteiger partial charge in [0.15, 0.2) is 11.5 Å². The van der Waals surface area contributed by atoms with Crippen molar-refractivity contribution in [3.8, 4) is 22.9 Å². The molecule has 0 spiro atoms. The summed E-state index contributed by atoms with van der Waals surface area (Å²) < 4.78 is 13.1. The van der Waals surface area contributed by atoms with Crippen molar-refractivity contribution in [3.63, 3.8) is 0 Å². The zero-order chi connectivity index (χ0) is 19.8. The number of fused-ring (bicyclic) bond motifs is 3. The van der Waals surface area contributed by atoms with Crippen molar-refractivity contribution in [1.29, 1.82) is 0 Å². The van der Waals surface area contributed by atoms with Crippen LogP contribution in [0, 0.1) is 0 Å². The molecule has 0 fully saturated rings. The van der Waals surface area contributed by atoms with Gasteiger partial charge in [-0.15, -0.1) is 16.4 Å². The largest absolute Gasteiger partial charge is 0.496 e. The molecule has 3 aromatic heterocycles. The predicted octanol–water partition coefficient (Wildman–Crippen LogP) is 5.25. The number of benzene rings is 2. The van der Waals surface area contributed by atoms with Crippen LogP contribution in [-0.4, -0.2) is 26.7 Å². The highest BCUT2D eigenvalue weighted by Crippen LogP contribution is 2.30. The minimum absolute atomic E-state index is 0.310. The van der Waals surface area contributed by atoms with Crippen LogP contribution in [0.2, 0.25) is 5.02 Å². The highest BCUT2D eigenvalue weighted by molar-refractivity contribution is 7.16. The molecule has 29 heavy (non-hydrogen) atoms. The maximum absolute atomic E-state index is 6.19. The SMILES string of the molecule is COc1ccc(-c2nc3c4ccsc4ncn3n2)cc1COc1ccccc1Cl. The Kier molecular flexibility index (Phi) is 4.54. The van der Waals surface area contributed by atoms with E-state index in [9.17, 15) is 0 Å². The fraction of sp³-hybridized carbons (Fsp3) is 0.0952. The Labute approximate surface area is 175 Å². The van der Waals surface area contributed by atoms with Crippen LogP contribution in [0.1, 0.15) is 5.56 Å². The summed E-state index contributed by atoms with van der Waals surface area (Å²) in [6.07, 6.45) is 1.69. The summed E-state index contributed by atoms with van der Waals surface area (Å²) in [6, 6.07) is 15.2. The standard InChI is InChI=1S/C21H15ClN4O2S/c1-27-17-7-6-13(10-14(17)11-28-18-5-3-2-4-16(18)22)19-24-20-15-8-9-29-21(15)23-12-26(20)25-19/h2-10,12H,11H2,1H3. The summed E-state index contributed by atoms with van der Waals surface area (Å²) in [5.74, 6) is 1.97. The van der Waals surface area contributed by atoms with Gasteiger partial charge in [0.2, 0.25) is 0 Å². The van der Waals surface area contributed by atoms with Gasteiger partial charge in [0.1, 0.15) is 29.3 Å². The van der Waals surface area contributed by atoms with Crippen molar-refractivity contribution in [3.05, 3.63) is 70.8 Å². The second kappa shape index (κ2) is 7.35. The zero-order valence-corrected chi connectivity index (χ0v) is 16.9. The first-order chi connectivity index (χ1) is 14.2. The summed E-state index contributed by atoms with van der Waals surface area (Å²) in [5.41, 5.74) is 2.54. The van der Waals surface area contributed by atoms with E-state index in [1.165, 1.54) is 0 Å². The van der Waals surface area contributed by atoms with Crippen LogP contribution in [0.4, 0.5) is 0 Å². The molecule has 2 aromatic carbocycles. The van der Waals surface area contributed by atoms with Gasteiger partial charge in [0, 0.05) is 11.1 Å². The summed E-state index contributed by atoms with van der Waals surface area (Å²) in [5, 5.41) is 8.15. The number of ether oxygens (including phenoxy) is 2. The summed E-state index contributed by atoms with van der Waals surface area (Å²) >= 11 is 7.77. The quantitative estimate of drug-likeness (QED) is 0.387. The van der Waals surface area contributed by atoms with E-state index in [4.69, 9.17) is 26.1 Å². The number of para-hydroxylation sites is 1. The molecule has 3 heterocycles. The average Bonchev–Trinajstić information content (AvgIpc) is 3.39. The Balaban J connectivity index is 1.51. The Morgan fingerprint density at radius 2 is 2.00 bits per heavy atom. The third-order valence-electron chi connectivity index (χ3n) is 4.56. The van der Waals surface area contributed by atoms with Crippen LogP contribution < -0.4 is 9.47 Å². The first-order valence-electron chi connectivity index (χ1n) is 8.86. The molecule has 5 rings (SSSR count). The second-order valence-corrected chi connectivity index (χ2v) is 7.64. The monoisotopic (exact) mass is 422 g/mol. The molecular weight excluding hydrogens is 408 g/mol. The molecule has 0 bridgehead atoms. The molecule has 0 aliphatic carbocycles. The molecule has 0 amide bonds. The Hall–Kier alpha value is -3.16. The van der Waals surface area contributed by atoms with Gasteiger partial charge in [-0.2, -0.15) is 0 Å². The molecule has 0 atom stereocenters. The predicted molar refractivity (Wildman–Crippen MR) is 114 cm³/mol. The lowest BCUT2D eigenvalue weighted by atomic mass is 10.1. The van der Waals surface area contributed by atoms with Gasteiger partial charge in [-0.3, -0.25) is 0 Å². The summed E-state index contributed by atoms with van der Waals surface area (Å²) in [7, 11) is 1.64. The Morgan fingerprint density at radius 3 is 2.86 bits per heavy atom. The first kappa shape index (κ1) is 17.9. The van der Waals surface area contributed by atoms with Crippen LogP contribution >= 0.6 is 22.9 Å². The third-order valence-corrected chi connectivity index (χ3v) is 5.69. The van der Waals surface area contributed by atoms with Crippen LogP contribution in [-0.2, 0) is 6.61 Å². The van der Waals surface area contributed by atoms with Crippen molar-refractivity contribution in [2.45, 2.75) is 6.61 Å². The third kappa shape index (κ3) is 3.28. The van der Waals surface area contributed by atoms with E-state index in [0.717, 1.165) is 32.7 Å². The van der Waals surface area contributed by atoms with Gasteiger partial charge in [-0.25, -0.2) is 14.5 Å². The summed E-state index contributed by atoms with van der Waals surface area (Å²) in [4.78, 5) is 10.1. The van der Waals surface area contributed by atoms with E-state index in [2.05, 4.69) is 10.1 Å². The van der Waals surface area contributed by atoms with Crippen LogP contribution in [0.25, 0.3) is 27.3 Å². The van der Waals surface area contributed by atoms with Crippen molar-refractivity contribution in [2.75, 3.05) is 7.11 Å². The minimum Gasteiger partial charge on any atom is -0.496 e. The molecule has 0 radical (unpaired) electrons. The Morgan fingerprint density at radius 1 is 1.10 bits per heavy atom. The normalized spacial score (nSPS) is 11.2. The maximum Gasteiger partial charge on any atom is 0.182 e. The number of hydrogen-bond donors (Lipinski definition) is 0. The fourth-order valence-electron chi connectivity index (χ4n) is 3.14. The molecule has 144 valence electrons. The number of nitrogens with zero attached hydrogens (tertiary/aromatic N) is 4. The second-order valence-electron chi connectivity index (χ2n) is 6.33. The lowest BCUT2D eigenvalue weighted by molar-refractivity contribution is 0.297. The lowest BCUT2D eigenvalue weighted by Gasteiger charge is -2.12. The maximum atomic E-state index is 6.19. The van der Waals surface area contributed by atoms with E-state index in [1.54, 1.807) is 35.4 Å². The highest BCUT2D eigenvalue weighted by atomic mass is 35.5. The molecule has 0 saturated carbocycles. The van der Waals surface area contributed by atoms with Gasteiger partial charge in [-0.05, 0) is 41.8 Å². The molecule has 0 saturated heterocycles. The molecule has 0 aliphatic heterocycles. The van der Waals surface area contributed by atoms with E-state index < -0.39 is 0 Å². The fourth-order valence-corrected chi connectivity index (χ4v) is 4.05. The van der Waals surface area contributed by atoms with Crippen molar-refractivity contribution in [1.82, 2.24) is 19.6 Å². The van der Waals surface area contributed by atoms with Gasteiger partial charge in [0.05, 0.1) is 17.5 Å². The smallest absolute Gasteiger partial charge is 0.182 e. The van der Waals surface area contributed by atoms with Crippen LogP contribution in [0.5, 0.6) is 11.5 Å². The molecule has 0 aliphatic rings. The van der Waals surface area contributed by atoms with Crippen molar-refractivity contribution < 1.29 is 9.47 Å². The Bertz CT molecular complexity index is 1330. The molecule has 8 heteroatoms. The minimum atomic E-state index is 0.310. The van der Waals surface area contributed by atoms with Crippen molar-refractivity contribution in [2.24, 2.45) is 0 Å². The van der Waals surface area contributed by atoms with E-state index in [1.807, 2.05) is 47.8 Å². The van der Waals surface area contributed by atoms with Gasteiger partial charge < -0.3 is 9.47 Å². The average molecular weight is 423 g/mol. The number of methoxy groups -OCH3 is 1. The van der Waals surface area contributed by atoms with Gasteiger partial charge >= 0.3 is 0 Å². The molecule has 0 N–H and O–H groups in total. The molecular formula is C21H15ClN4O2S. The highest BCUT2D eigenvalue weighted by Gasteiger charge is 2.14. The number of hydrogen-bond acceptors (Lipinski definition) is 6. The number of halogens is 1. The first-order valence-corrected chi connectivity index (χ1v) is 10.1. The van der Waals surface area contributed by atoms with Crippen LogP contribution in [0.3, 0.4) is 0 Å². The van der Waals surface area contributed by atoms with E-state index in [-0.39, 0.29) is 0 Å². The zero-order valence-electron chi connectivity index (χ0n) is 15.4. The van der Waals surface area contributed by atoms with E-state index in [0.29, 0.717) is 23.2 Å². The van der Waals surface area contributed by atoms with Gasteiger partial charge in [-0.1, -0.05) is 23.7 Å². The molecule has 0 unspecified atom stereocenters. The number of rotatable bonds is 5. The molecule has 6 nitrogen and oxygen atoms in total. The van der Waals surface area contributed by atoms with Gasteiger partial charge in [0.25, 0.3) is 0 Å².